The first-order valence-corrected chi connectivity index (χ1v) is 8.45. The molecule has 0 radical (unpaired) electrons. The van der Waals surface area contributed by atoms with Gasteiger partial charge < -0.3 is 10.7 Å². The number of benzene rings is 1. The van der Waals surface area contributed by atoms with Gasteiger partial charge in [-0.15, -0.1) is 0 Å². The fraction of sp³-hybridized carbons (Fsp3) is 0.368. The van der Waals surface area contributed by atoms with Crippen LogP contribution in [0.5, 0.6) is 0 Å². The molecule has 4 rings (SSSR count). The monoisotopic (exact) mass is 306 g/mol. The first-order chi connectivity index (χ1) is 11.2. The number of aromatic nitrogens is 3. The first-order valence-electron chi connectivity index (χ1n) is 8.45. The smallest absolute Gasteiger partial charge is 0.163 e. The van der Waals surface area contributed by atoms with Gasteiger partial charge in [-0.2, -0.15) is 0 Å². The maximum absolute atomic E-state index is 6.34. The number of hydrogen-bond acceptors (Lipinski definition) is 3. The molecule has 4 nitrogen and oxygen atoms in total. The van der Waals surface area contributed by atoms with Gasteiger partial charge in [0, 0.05) is 11.3 Å². The summed E-state index contributed by atoms with van der Waals surface area (Å²) in [6.07, 6.45) is 6.45. The number of rotatable bonds is 2. The number of fused-ring (bicyclic) bond motifs is 1. The number of hydrogen-bond donors (Lipinski definition) is 2. The summed E-state index contributed by atoms with van der Waals surface area (Å²) in [5, 5.41) is 1.04. The molecule has 118 valence electrons. The van der Waals surface area contributed by atoms with Crippen LogP contribution in [-0.2, 0) is 0 Å². The molecule has 2 aromatic heterocycles. The number of nitrogens with one attached hydrogen (secondary N) is 1. The highest BCUT2D eigenvalue weighted by molar-refractivity contribution is 5.92. The first kappa shape index (κ1) is 14.2. The summed E-state index contributed by atoms with van der Waals surface area (Å²) >= 11 is 0. The minimum atomic E-state index is 0.589. The lowest BCUT2D eigenvalue weighted by molar-refractivity contribution is 0.444. The van der Waals surface area contributed by atoms with E-state index in [1.165, 1.54) is 43.4 Å². The standard InChI is InChI=1S/C19H22N4/c1-12-15(13-8-4-2-5-9-13)16-17(20)22-18(23-19(16)21-12)14-10-6-3-7-11-14/h3,6-7,10-11,13H,2,4-5,8-9H2,1H3,(H3,20,21,22,23). The Morgan fingerprint density at radius 1 is 1.04 bits per heavy atom. The highest BCUT2D eigenvalue weighted by Crippen LogP contribution is 2.40. The summed E-state index contributed by atoms with van der Waals surface area (Å²) < 4.78 is 0. The van der Waals surface area contributed by atoms with Crippen molar-refractivity contribution in [2.24, 2.45) is 0 Å². The van der Waals surface area contributed by atoms with Crippen molar-refractivity contribution in [3.63, 3.8) is 0 Å². The third-order valence-corrected chi connectivity index (χ3v) is 4.96. The van der Waals surface area contributed by atoms with E-state index in [0.29, 0.717) is 17.6 Å². The van der Waals surface area contributed by atoms with E-state index in [9.17, 15) is 0 Å². The maximum atomic E-state index is 6.34. The average Bonchev–Trinajstić information content (AvgIpc) is 2.93. The zero-order chi connectivity index (χ0) is 15.8. The summed E-state index contributed by atoms with van der Waals surface area (Å²) in [6.45, 7) is 2.13. The highest BCUT2D eigenvalue weighted by atomic mass is 15.0. The average molecular weight is 306 g/mol. The Morgan fingerprint density at radius 3 is 2.52 bits per heavy atom. The maximum Gasteiger partial charge on any atom is 0.163 e. The molecule has 0 saturated heterocycles. The molecule has 1 aliphatic rings. The molecule has 0 atom stereocenters. The van der Waals surface area contributed by atoms with Gasteiger partial charge in [-0.25, -0.2) is 9.97 Å². The second-order valence-corrected chi connectivity index (χ2v) is 6.52. The molecule has 2 heterocycles. The van der Waals surface area contributed by atoms with Gasteiger partial charge in [-0.1, -0.05) is 49.6 Å². The van der Waals surface area contributed by atoms with E-state index in [-0.39, 0.29) is 0 Å². The van der Waals surface area contributed by atoms with Crippen LogP contribution in [0.25, 0.3) is 22.4 Å². The van der Waals surface area contributed by atoms with Crippen LogP contribution in [-0.4, -0.2) is 15.0 Å². The SMILES string of the molecule is Cc1[nH]c2nc(-c3ccccc3)nc(N)c2c1C1CCCCC1. The summed E-state index contributed by atoms with van der Waals surface area (Å²) in [5.41, 5.74) is 10.7. The molecule has 3 aromatic rings. The Hall–Kier alpha value is -2.36. The zero-order valence-corrected chi connectivity index (χ0v) is 13.5. The number of nitrogens with two attached hydrogens (primary N) is 1. The summed E-state index contributed by atoms with van der Waals surface area (Å²) in [4.78, 5) is 12.8. The number of aryl methyl sites for hydroxylation is 1. The van der Waals surface area contributed by atoms with Crippen molar-refractivity contribution in [2.45, 2.75) is 44.9 Å². The molecular formula is C19H22N4. The van der Waals surface area contributed by atoms with Gasteiger partial charge in [-0.05, 0) is 31.2 Å². The highest BCUT2D eigenvalue weighted by Gasteiger charge is 2.24. The third-order valence-electron chi connectivity index (χ3n) is 4.96. The quantitative estimate of drug-likeness (QED) is 0.729. The summed E-state index contributed by atoms with van der Waals surface area (Å²) in [7, 11) is 0. The van der Waals surface area contributed by atoms with E-state index >= 15 is 0 Å². The third kappa shape index (κ3) is 2.48. The van der Waals surface area contributed by atoms with Crippen LogP contribution in [0.2, 0.25) is 0 Å². The summed E-state index contributed by atoms with van der Waals surface area (Å²) in [6, 6.07) is 10.0. The Morgan fingerprint density at radius 2 is 1.78 bits per heavy atom. The molecule has 1 fully saturated rings. The van der Waals surface area contributed by atoms with E-state index in [0.717, 1.165) is 16.6 Å². The van der Waals surface area contributed by atoms with E-state index < -0.39 is 0 Å². The van der Waals surface area contributed by atoms with Crippen LogP contribution < -0.4 is 5.73 Å². The minimum absolute atomic E-state index is 0.589. The predicted molar refractivity (Wildman–Crippen MR) is 94.3 cm³/mol. The Balaban J connectivity index is 1.86. The fourth-order valence-corrected chi connectivity index (χ4v) is 3.88. The Labute approximate surface area is 136 Å². The van der Waals surface area contributed by atoms with Crippen molar-refractivity contribution in [1.29, 1.82) is 0 Å². The van der Waals surface area contributed by atoms with Crippen molar-refractivity contribution < 1.29 is 0 Å². The second-order valence-electron chi connectivity index (χ2n) is 6.52. The summed E-state index contributed by atoms with van der Waals surface area (Å²) in [5.74, 6) is 1.87. The van der Waals surface area contributed by atoms with Crippen molar-refractivity contribution in [1.82, 2.24) is 15.0 Å². The minimum Gasteiger partial charge on any atom is -0.383 e. The number of nitrogens with zero attached hydrogens (tertiary/aromatic N) is 2. The zero-order valence-electron chi connectivity index (χ0n) is 13.5. The topological polar surface area (TPSA) is 67.6 Å². The van der Waals surface area contributed by atoms with E-state index in [2.05, 4.69) is 16.9 Å². The number of anilines is 1. The normalized spacial score (nSPS) is 16.0. The second kappa shape index (κ2) is 5.69. The van der Waals surface area contributed by atoms with Crippen molar-refractivity contribution in [3.8, 4) is 11.4 Å². The lowest BCUT2D eigenvalue weighted by atomic mass is 9.83. The van der Waals surface area contributed by atoms with Gasteiger partial charge in [0.15, 0.2) is 5.82 Å². The van der Waals surface area contributed by atoms with Gasteiger partial charge in [0.05, 0.1) is 5.39 Å². The van der Waals surface area contributed by atoms with Crippen LogP contribution in [0, 0.1) is 6.92 Å². The van der Waals surface area contributed by atoms with Crippen LogP contribution in [0.3, 0.4) is 0 Å². The predicted octanol–water partition coefficient (Wildman–Crippen LogP) is 4.56. The largest absolute Gasteiger partial charge is 0.383 e. The Kier molecular flexibility index (Phi) is 3.52. The Bertz CT molecular complexity index is 829. The van der Waals surface area contributed by atoms with E-state index in [4.69, 9.17) is 10.7 Å². The molecule has 1 aliphatic carbocycles. The van der Waals surface area contributed by atoms with Crippen LogP contribution in [0.15, 0.2) is 30.3 Å². The van der Waals surface area contributed by atoms with E-state index in [1.807, 2.05) is 30.3 Å². The fourth-order valence-electron chi connectivity index (χ4n) is 3.88. The van der Waals surface area contributed by atoms with Crippen LogP contribution in [0.1, 0.15) is 49.3 Å². The van der Waals surface area contributed by atoms with Crippen LogP contribution >= 0.6 is 0 Å². The van der Waals surface area contributed by atoms with Gasteiger partial charge in [0.2, 0.25) is 0 Å². The van der Waals surface area contributed by atoms with Gasteiger partial charge in [0.25, 0.3) is 0 Å². The van der Waals surface area contributed by atoms with Crippen molar-refractivity contribution in [3.05, 3.63) is 41.6 Å². The van der Waals surface area contributed by atoms with E-state index in [1.54, 1.807) is 0 Å². The lowest BCUT2D eigenvalue weighted by Crippen LogP contribution is -2.06. The molecule has 0 bridgehead atoms. The number of nitrogen functional groups attached to an aromatic ring is 1. The van der Waals surface area contributed by atoms with Crippen molar-refractivity contribution in [2.75, 3.05) is 5.73 Å². The molecule has 1 saturated carbocycles. The molecule has 0 unspecified atom stereocenters. The van der Waals surface area contributed by atoms with Crippen LogP contribution in [0.4, 0.5) is 5.82 Å². The molecule has 0 spiro atoms. The molecule has 3 N–H and O–H groups in total. The molecule has 23 heavy (non-hydrogen) atoms. The van der Waals surface area contributed by atoms with Gasteiger partial charge in [0.1, 0.15) is 11.5 Å². The molecular weight excluding hydrogens is 284 g/mol. The van der Waals surface area contributed by atoms with Crippen molar-refractivity contribution >= 4 is 16.9 Å². The number of H-pyrrole nitrogens is 1. The lowest BCUT2D eigenvalue weighted by Gasteiger charge is -2.22. The number of aromatic amines is 1. The molecule has 4 heteroatoms. The molecule has 0 amide bonds. The van der Waals surface area contributed by atoms with Gasteiger partial charge in [-0.3, -0.25) is 0 Å². The van der Waals surface area contributed by atoms with Gasteiger partial charge >= 0.3 is 0 Å². The molecule has 0 aliphatic heterocycles. The molecule has 1 aromatic carbocycles.